The Labute approximate surface area is 142 Å². The Kier molecular flexibility index (Phi) is 4.63. The first kappa shape index (κ1) is 16.0. The second-order valence-corrected chi connectivity index (χ2v) is 6.92. The number of ether oxygens (including phenoxy) is 1. The fraction of sp³-hybridized carbons (Fsp3) is 0.312. The number of rotatable bonds is 4. The summed E-state index contributed by atoms with van der Waals surface area (Å²) in [6.45, 7) is 2.30. The molecule has 2 heterocycles. The summed E-state index contributed by atoms with van der Waals surface area (Å²) in [4.78, 5) is 29.0. The van der Waals surface area contributed by atoms with Gasteiger partial charge in [0, 0.05) is 21.9 Å². The van der Waals surface area contributed by atoms with E-state index in [1.54, 1.807) is 0 Å². The summed E-state index contributed by atoms with van der Waals surface area (Å²) in [7, 11) is 0. The van der Waals surface area contributed by atoms with Gasteiger partial charge in [0.05, 0.1) is 18.7 Å². The molecule has 1 amide bonds. The van der Waals surface area contributed by atoms with Crippen molar-refractivity contribution in [3.8, 4) is 10.6 Å². The first-order chi connectivity index (χ1) is 11.0. The molecule has 1 N–H and O–H groups in total. The molecule has 7 heteroatoms. The zero-order valence-corrected chi connectivity index (χ0v) is 14.0. The van der Waals surface area contributed by atoms with Crippen molar-refractivity contribution in [1.29, 1.82) is 0 Å². The lowest BCUT2D eigenvalue weighted by Crippen LogP contribution is -2.38. The SMILES string of the molecule is Cc1sc(-c2ccc(Cl)cc2)nc1CC(=O)NC1CCOC1=O. The van der Waals surface area contributed by atoms with E-state index < -0.39 is 6.04 Å². The minimum Gasteiger partial charge on any atom is -0.464 e. The number of esters is 1. The molecule has 2 aromatic rings. The van der Waals surface area contributed by atoms with Crippen LogP contribution in [0.15, 0.2) is 24.3 Å². The highest BCUT2D eigenvalue weighted by atomic mass is 35.5. The van der Waals surface area contributed by atoms with Gasteiger partial charge in [-0.1, -0.05) is 23.7 Å². The van der Waals surface area contributed by atoms with Crippen LogP contribution in [0.2, 0.25) is 5.02 Å². The van der Waals surface area contributed by atoms with E-state index in [1.807, 2.05) is 31.2 Å². The molecule has 0 bridgehead atoms. The van der Waals surface area contributed by atoms with Crippen LogP contribution in [-0.2, 0) is 20.7 Å². The molecule has 1 aromatic carbocycles. The largest absolute Gasteiger partial charge is 0.464 e. The predicted molar refractivity (Wildman–Crippen MR) is 88.5 cm³/mol. The topological polar surface area (TPSA) is 68.3 Å². The predicted octanol–water partition coefficient (Wildman–Crippen LogP) is 2.75. The second kappa shape index (κ2) is 6.68. The molecule has 0 saturated carbocycles. The maximum absolute atomic E-state index is 12.1. The van der Waals surface area contributed by atoms with Gasteiger partial charge in [-0.25, -0.2) is 9.78 Å². The highest BCUT2D eigenvalue weighted by Crippen LogP contribution is 2.28. The van der Waals surface area contributed by atoms with Crippen LogP contribution in [-0.4, -0.2) is 29.5 Å². The van der Waals surface area contributed by atoms with Crippen LogP contribution in [0.4, 0.5) is 0 Å². The Balaban J connectivity index is 1.69. The second-order valence-electron chi connectivity index (χ2n) is 5.28. The maximum atomic E-state index is 12.1. The molecule has 120 valence electrons. The van der Waals surface area contributed by atoms with Gasteiger partial charge >= 0.3 is 5.97 Å². The maximum Gasteiger partial charge on any atom is 0.328 e. The summed E-state index contributed by atoms with van der Waals surface area (Å²) < 4.78 is 4.83. The van der Waals surface area contributed by atoms with E-state index in [0.717, 1.165) is 21.1 Å². The fourth-order valence-corrected chi connectivity index (χ4v) is 3.39. The number of hydrogen-bond acceptors (Lipinski definition) is 5. The van der Waals surface area contributed by atoms with Crippen molar-refractivity contribution < 1.29 is 14.3 Å². The van der Waals surface area contributed by atoms with E-state index in [1.165, 1.54) is 11.3 Å². The van der Waals surface area contributed by atoms with Gasteiger partial charge in [-0.15, -0.1) is 11.3 Å². The van der Waals surface area contributed by atoms with E-state index in [9.17, 15) is 9.59 Å². The molecular formula is C16H15ClN2O3S. The van der Waals surface area contributed by atoms with E-state index >= 15 is 0 Å². The average Bonchev–Trinajstić information content (AvgIpc) is 3.07. The molecule has 5 nitrogen and oxygen atoms in total. The molecule has 23 heavy (non-hydrogen) atoms. The third kappa shape index (κ3) is 3.71. The van der Waals surface area contributed by atoms with Gasteiger partial charge in [0.1, 0.15) is 11.0 Å². The number of nitrogens with one attached hydrogen (secondary N) is 1. The van der Waals surface area contributed by atoms with Gasteiger partial charge in [-0.2, -0.15) is 0 Å². The number of thiazole rings is 1. The molecule has 1 aliphatic heterocycles. The number of aromatic nitrogens is 1. The highest BCUT2D eigenvalue weighted by Gasteiger charge is 2.28. The number of benzene rings is 1. The summed E-state index contributed by atoms with van der Waals surface area (Å²) in [6, 6.07) is 6.90. The number of carbonyl (C=O) groups is 2. The summed E-state index contributed by atoms with van der Waals surface area (Å²) in [5.74, 6) is -0.583. The normalized spacial score (nSPS) is 17.1. The van der Waals surface area contributed by atoms with E-state index in [4.69, 9.17) is 16.3 Å². The molecule has 1 saturated heterocycles. The molecule has 1 aromatic heterocycles. The minimum atomic E-state index is -0.530. The number of aryl methyl sites for hydroxylation is 1. The minimum absolute atomic E-state index is 0.152. The van der Waals surface area contributed by atoms with E-state index in [0.29, 0.717) is 18.1 Å². The third-order valence-electron chi connectivity index (χ3n) is 3.58. The standard InChI is InChI=1S/C16H15ClN2O3S/c1-9-13(8-14(20)18-12-6-7-22-16(12)21)19-15(23-9)10-2-4-11(17)5-3-10/h2-5,12H,6-8H2,1H3,(H,18,20). The monoisotopic (exact) mass is 350 g/mol. The van der Waals surface area contributed by atoms with Crippen LogP contribution < -0.4 is 5.32 Å². The van der Waals surface area contributed by atoms with Gasteiger partial charge < -0.3 is 10.1 Å². The van der Waals surface area contributed by atoms with Crippen LogP contribution in [0.25, 0.3) is 10.6 Å². The fourth-order valence-electron chi connectivity index (χ4n) is 2.33. The Morgan fingerprint density at radius 3 is 2.83 bits per heavy atom. The molecule has 1 unspecified atom stereocenters. The number of hydrogen-bond donors (Lipinski definition) is 1. The van der Waals surface area contributed by atoms with Crippen molar-refractivity contribution in [3.05, 3.63) is 39.9 Å². The molecule has 0 aliphatic carbocycles. The van der Waals surface area contributed by atoms with Crippen molar-refractivity contribution in [1.82, 2.24) is 10.3 Å². The van der Waals surface area contributed by atoms with Gasteiger partial charge in [-0.05, 0) is 19.1 Å². The summed E-state index contributed by atoms with van der Waals surface area (Å²) in [5.41, 5.74) is 1.69. The number of amides is 1. The molecule has 0 radical (unpaired) electrons. The quantitative estimate of drug-likeness (QED) is 0.861. The number of carbonyl (C=O) groups excluding carboxylic acids is 2. The van der Waals surface area contributed by atoms with Gasteiger partial charge in [0.25, 0.3) is 0 Å². The summed E-state index contributed by atoms with van der Waals surface area (Å²) >= 11 is 7.42. The number of halogens is 1. The van der Waals surface area contributed by atoms with E-state index in [2.05, 4.69) is 10.3 Å². The van der Waals surface area contributed by atoms with Gasteiger partial charge in [-0.3, -0.25) is 4.79 Å². The Morgan fingerprint density at radius 2 is 2.17 bits per heavy atom. The van der Waals surface area contributed by atoms with Crippen molar-refractivity contribution >= 4 is 34.8 Å². The van der Waals surface area contributed by atoms with E-state index in [-0.39, 0.29) is 18.3 Å². The van der Waals surface area contributed by atoms with Gasteiger partial charge in [0.15, 0.2) is 0 Å². The van der Waals surface area contributed by atoms with Crippen molar-refractivity contribution in [2.24, 2.45) is 0 Å². The number of cyclic esters (lactones) is 1. The Hall–Kier alpha value is -1.92. The molecule has 1 atom stereocenters. The van der Waals surface area contributed by atoms with Crippen LogP contribution in [0.5, 0.6) is 0 Å². The van der Waals surface area contributed by atoms with Crippen LogP contribution >= 0.6 is 22.9 Å². The zero-order chi connectivity index (χ0) is 16.4. The van der Waals surface area contributed by atoms with Crippen molar-refractivity contribution in [2.75, 3.05) is 6.61 Å². The first-order valence-electron chi connectivity index (χ1n) is 7.21. The molecule has 3 rings (SSSR count). The summed E-state index contributed by atoms with van der Waals surface area (Å²) in [6.07, 6.45) is 0.677. The lowest BCUT2D eigenvalue weighted by atomic mass is 10.2. The zero-order valence-electron chi connectivity index (χ0n) is 12.5. The Morgan fingerprint density at radius 1 is 1.43 bits per heavy atom. The average molecular weight is 351 g/mol. The molecule has 0 spiro atoms. The van der Waals surface area contributed by atoms with Gasteiger partial charge in [0.2, 0.25) is 5.91 Å². The molecule has 1 fully saturated rings. The lowest BCUT2D eigenvalue weighted by molar-refractivity contribution is -0.141. The van der Waals surface area contributed by atoms with Crippen molar-refractivity contribution in [3.63, 3.8) is 0 Å². The third-order valence-corrected chi connectivity index (χ3v) is 4.90. The first-order valence-corrected chi connectivity index (χ1v) is 8.40. The smallest absolute Gasteiger partial charge is 0.328 e. The van der Waals surface area contributed by atoms with Crippen molar-refractivity contribution in [2.45, 2.75) is 25.8 Å². The highest BCUT2D eigenvalue weighted by molar-refractivity contribution is 7.15. The lowest BCUT2D eigenvalue weighted by Gasteiger charge is -2.07. The van der Waals surface area contributed by atoms with Crippen LogP contribution in [0.1, 0.15) is 17.0 Å². The number of nitrogens with zero attached hydrogens (tertiary/aromatic N) is 1. The van der Waals surface area contributed by atoms with Crippen LogP contribution in [0.3, 0.4) is 0 Å². The molecular weight excluding hydrogens is 336 g/mol. The Bertz CT molecular complexity index is 742. The van der Waals surface area contributed by atoms with Crippen LogP contribution in [0, 0.1) is 6.92 Å². The molecule has 1 aliphatic rings. The summed E-state index contributed by atoms with van der Waals surface area (Å²) in [5, 5.41) is 4.22.